The van der Waals surface area contributed by atoms with Crippen molar-refractivity contribution < 1.29 is 9.59 Å². The SMILES string of the molecule is Cc1cccc(-n2c(C)cc(C(=O)Nc3ccc(-n4ccc(C(N)=O)n4)cc3)c2C)c1. The summed E-state index contributed by atoms with van der Waals surface area (Å²) in [5, 5.41) is 7.08. The zero-order valence-corrected chi connectivity index (χ0v) is 17.6. The standard InChI is InChI=1S/C24H23N5O2/c1-15-5-4-6-20(13-15)29-16(2)14-21(17(29)3)24(31)26-18-7-9-19(10-8-18)28-12-11-22(27-28)23(25)30/h4-14H,1-3H3,(H2,25,30)(H,26,31). The summed E-state index contributed by atoms with van der Waals surface area (Å²) < 4.78 is 3.64. The van der Waals surface area contributed by atoms with Crippen molar-refractivity contribution in [2.75, 3.05) is 5.32 Å². The van der Waals surface area contributed by atoms with E-state index in [0.717, 1.165) is 28.3 Å². The normalized spacial score (nSPS) is 10.8. The van der Waals surface area contributed by atoms with Crippen LogP contribution in [-0.4, -0.2) is 26.2 Å². The molecule has 0 atom stereocenters. The van der Waals surface area contributed by atoms with Gasteiger partial charge in [-0.3, -0.25) is 9.59 Å². The van der Waals surface area contributed by atoms with Gasteiger partial charge in [0.05, 0.1) is 11.3 Å². The summed E-state index contributed by atoms with van der Waals surface area (Å²) in [6.45, 7) is 5.99. The van der Waals surface area contributed by atoms with E-state index in [1.165, 1.54) is 0 Å². The first-order valence-corrected chi connectivity index (χ1v) is 9.87. The van der Waals surface area contributed by atoms with Crippen molar-refractivity contribution >= 4 is 17.5 Å². The number of aromatic nitrogens is 3. The van der Waals surface area contributed by atoms with Crippen LogP contribution in [0.2, 0.25) is 0 Å². The highest BCUT2D eigenvalue weighted by Crippen LogP contribution is 2.23. The molecule has 7 nitrogen and oxygen atoms in total. The second-order valence-electron chi connectivity index (χ2n) is 7.47. The number of aryl methyl sites for hydroxylation is 2. The lowest BCUT2D eigenvalue weighted by Gasteiger charge is -2.11. The number of primary amides is 1. The van der Waals surface area contributed by atoms with Crippen LogP contribution in [0.1, 0.15) is 37.8 Å². The number of nitrogens with one attached hydrogen (secondary N) is 1. The molecule has 0 aliphatic heterocycles. The van der Waals surface area contributed by atoms with E-state index >= 15 is 0 Å². The van der Waals surface area contributed by atoms with Crippen molar-refractivity contribution in [1.82, 2.24) is 14.3 Å². The Labute approximate surface area is 180 Å². The molecular formula is C24H23N5O2. The maximum absolute atomic E-state index is 12.9. The van der Waals surface area contributed by atoms with Crippen LogP contribution in [0.5, 0.6) is 0 Å². The van der Waals surface area contributed by atoms with Crippen LogP contribution in [0, 0.1) is 20.8 Å². The third kappa shape index (κ3) is 3.98. The highest BCUT2D eigenvalue weighted by molar-refractivity contribution is 6.05. The van der Waals surface area contributed by atoms with Gasteiger partial charge in [0.25, 0.3) is 11.8 Å². The number of rotatable bonds is 5. The van der Waals surface area contributed by atoms with Gasteiger partial charge in [0, 0.05) is 29.0 Å². The van der Waals surface area contributed by atoms with Gasteiger partial charge in [0.2, 0.25) is 0 Å². The number of carbonyl (C=O) groups is 2. The molecule has 0 aliphatic carbocycles. The molecule has 4 aromatic rings. The molecule has 0 fully saturated rings. The summed E-state index contributed by atoms with van der Waals surface area (Å²) in [4.78, 5) is 24.2. The minimum absolute atomic E-state index is 0.171. The molecule has 0 saturated heterocycles. The number of nitrogens with zero attached hydrogens (tertiary/aromatic N) is 3. The smallest absolute Gasteiger partial charge is 0.269 e. The molecule has 7 heteroatoms. The molecule has 0 saturated carbocycles. The van der Waals surface area contributed by atoms with Crippen LogP contribution in [0.3, 0.4) is 0 Å². The van der Waals surface area contributed by atoms with Gasteiger partial charge in [-0.1, -0.05) is 12.1 Å². The maximum atomic E-state index is 12.9. The lowest BCUT2D eigenvalue weighted by molar-refractivity contribution is 0.0993. The van der Waals surface area contributed by atoms with Gasteiger partial charge < -0.3 is 15.6 Å². The quantitative estimate of drug-likeness (QED) is 0.519. The highest BCUT2D eigenvalue weighted by Gasteiger charge is 2.17. The van der Waals surface area contributed by atoms with E-state index in [2.05, 4.69) is 21.0 Å². The Balaban J connectivity index is 1.54. The van der Waals surface area contributed by atoms with Crippen LogP contribution in [0.25, 0.3) is 11.4 Å². The third-order valence-corrected chi connectivity index (χ3v) is 5.17. The molecule has 0 radical (unpaired) electrons. The van der Waals surface area contributed by atoms with Gasteiger partial charge in [-0.25, -0.2) is 4.68 Å². The molecule has 156 valence electrons. The minimum Gasteiger partial charge on any atom is -0.364 e. The Morgan fingerprint density at radius 2 is 1.68 bits per heavy atom. The number of anilines is 1. The largest absolute Gasteiger partial charge is 0.364 e. The van der Waals surface area contributed by atoms with Gasteiger partial charge in [0.15, 0.2) is 0 Å². The summed E-state index contributed by atoms with van der Waals surface area (Å²) in [6, 6.07) is 18.8. The van der Waals surface area contributed by atoms with Crippen molar-refractivity contribution in [2.45, 2.75) is 20.8 Å². The Kier molecular flexibility index (Phi) is 5.17. The molecule has 2 aromatic heterocycles. The van der Waals surface area contributed by atoms with E-state index in [4.69, 9.17) is 5.73 Å². The van der Waals surface area contributed by atoms with Gasteiger partial charge in [-0.15, -0.1) is 0 Å². The minimum atomic E-state index is -0.578. The summed E-state index contributed by atoms with van der Waals surface area (Å²) in [7, 11) is 0. The fourth-order valence-corrected chi connectivity index (χ4v) is 3.65. The summed E-state index contributed by atoms with van der Waals surface area (Å²) >= 11 is 0. The number of hydrogen-bond acceptors (Lipinski definition) is 3. The summed E-state index contributed by atoms with van der Waals surface area (Å²) in [5.41, 5.74) is 11.6. The molecule has 31 heavy (non-hydrogen) atoms. The van der Waals surface area contributed by atoms with E-state index in [0.29, 0.717) is 11.3 Å². The Hall–Kier alpha value is -4.13. The second-order valence-corrected chi connectivity index (χ2v) is 7.47. The second kappa shape index (κ2) is 7.95. The predicted octanol–water partition coefficient (Wildman–Crippen LogP) is 3.94. The van der Waals surface area contributed by atoms with E-state index < -0.39 is 5.91 Å². The first-order valence-electron chi connectivity index (χ1n) is 9.87. The Morgan fingerprint density at radius 1 is 0.935 bits per heavy atom. The van der Waals surface area contributed by atoms with Crippen LogP contribution in [0.4, 0.5) is 5.69 Å². The zero-order chi connectivity index (χ0) is 22.1. The lowest BCUT2D eigenvalue weighted by Crippen LogP contribution is -2.13. The number of amides is 2. The van der Waals surface area contributed by atoms with E-state index in [9.17, 15) is 9.59 Å². The number of benzene rings is 2. The molecule has 4 rings (SSSR count). The molecular weight excluding hydrogens is 390 g/mol. The van der Waals surface area contributed by atoms with Gasteiger partial charge in [-0.2, -0.15) is 5.10 Å². The van der Waals surface area contributed by atoms with Crippen molar-refractivity contribution in [3.8, 4) is 11.4 Å². The molecule has 2 aromatic carbocycles. The monoisotopic (exact) mass is 413 g/mol. The number of nitrogens with two attached hydrogens (primary N) is 1. The zero-order valence-electron chi connectivity index (χ0n) is 17.6. The van der Waals surface area contributed by atoms with Crippen LogP contribution < -0.4 is 11.1 Å². The predicted molar refractivity (Wildman–Crippen MR) is 120 cm³/mol. The fraction of sp³-hybridized carbons (Fsp3) is 0.125. The van der Waals surface area contributed by atoms with Gasteiger partial charge >= 0.3 is 0 Å². The molecule has 3 N–H and O–H groups in total. The number of hydrogen-bond donors (Lipinski definition) is 2. The average Bonchev–Trinajstić information content (AvgIpc) is 3.34. The maximum Gasteiger partial charge on any atom is 0.269 e. The topological polar surface area (TPSA) is 94.9 Å². The van der Waals surface area contributed by atoms with E-state index in [1.54, 1.807) is 29.1 Å². The Morgan fingerprint density at radius 3 is 2.32 bits per heavy atom. The van der Waals surface area contributed by atoms with Crippen molar-refractivity contribution in [2.24, 2.45) is 5.73 Å². The molecule has 0 spiro atoms. The van der Waals surface area contributed by atoms with Crippen LogP contribution in [0.15, 0.2) is 66.9 Å². The van der Waals surface area contributed by atoms with Crippen molar-refractivity contribution in [3.05, 3.63) is 95.1 Å². The lowest BCUT2D eigenvalue weighted by atomic mass is 10.2. The molecule has 0 bridgehead atoms. The van der Waals surface area contributed by atoms with Crippen LogP contribution in [-0.2, 0) is 0 Å². The first-order chi connectivity index (χ1) is 14.8. The van der Waals surface area contributed by atoms with Gasteiger partial charge in [0.1, 0.15) is 5.69 Å². The highest BCUT2D eigenvalue weighted by atomic mass is 16.2. The van der Waals surface area contributed by atoms with E-state index in [1.807, 2.05) is 57.2 Å². The van der Waals surface area contributed by atoms with Crippen molar-refractivity contribution in [3.63, 3.8) is 0 Å². The fourth-order valence-electron chi connectivity index (χ4n) is 3.65. The number of carbonyl (C=O) groups excluding carboxylic acids is 2. The molecule has 0 aliphatic rings. The first kappa shape index (κ1) is 20.2. The molecule has 0 unspecified atom stereocenters. The summed E-state index contributed by atoms with van der Waals surface area (Å²) in [6.07, 6.45) is 1.66. The third-order valence-electron chi connectivity index (χ3n) is 5.17. The van der Waals surface area contributed by atoms with E-state index in [-0.39, 0.29) is 11.6 Å². The summed E-state index contributed by atoms with van der Waals surface area (Å²) in [5.74, 6) is -0.749. The molecule has 2 heterocycles. The average molecular weight is 413 g/mol. The van der Waals surface area contributed by atoms with Gasteiger partial charge in [-0.05, 0) is 74.9 Å². The molecule has 2 amide bonds. The van der Waals surface area contributed by atoms with Crippen molar-refractivity contribution in [1.29, 1.82) is 0 Å². The Bertz CT molecular complexity index is 1280. The van der Waals surface area contributed by atoms with Crippen LogP contribution >= 0.6 is 0 Å².